The zero-order valence-electron chi connectivity index (χ0n) is 12.7. The summed E-state index contributed by atoms with van der Waals surface area (Å²) in [5, 5.41) is 3.18. The summed E-state index contributed by atoms with van der Waals surface area (Å²) in [6, 6.07) is 0.181. The Labute approximate surface area is 138 Å². The van der Waals surface area contributed by atoms with Crippen molar-refractivity contribution in [2.45, 2.75) is 38.1 Å². The van der Waals surface area contributed by atoms with Crippen LogP contribution in [0.5, 0.6) is 5.88 Å². The van der Waals surface area contributed by atoms with Crippen molar-refractivity contribution in [3.63, 3.8) is 0 Å². The molecule has 0 spiro atoms. The molecule has 1 aliphatic carbocycles. The summed E-state index contributed by atoms with van der Waals surface area (Å²) in [4.78, 5) is 23.0. The van der Waals surface area contributed by atoms with E-state index in [1.54, 1.807) is 13.3 Å². The lowest BCUT2D eigenvalue weighted by atomic mass is 9.84. The van der Waals surface area contributed by atoms with Gasteiger partial charge in [0.05, 0.1) is 17.8 Å². The van der Waals surface area contributed by atoms with E-state index in [0.29, 0.717) is 11.8 Å². The summed E-state index contributed by atoms with van der Waals surface area (Å²) in [6.45, 7) is 1.66. The van der Waals surface area contributed by atoms with Crippen molar-refractivity contribution in [1.82, 2.24) is 15.3 Å². The first-order valence-corrected chi connectivity index (χ1v) is 8.58. The number of halogens is 1. The molecule has 0 radical (unpaired) electrons. The molecule has 1 amide bonds. The Kier molecular flexibility index (Phi) is 4.81. The number of hydrogen-bond donors (Lipinski definition) is 1. The third-order valence-corrected chi connectivity index (χ3v) is 4.96. The lowest BCUT2D eigenvalue weighted by Crippen LogP contribution is -2.50. The molecule has 1 aliphatic heterocycles. The van der Waals surface area contributed by atoms with Gasteiger partial charge in [0.1, 0.15) is 0 Å². The zero-order valence-corrected chi connectivity index (χ0v) is 14.3. The number of nitrogens with zero attached hydrogens (tertiary/aromatic N) is 3. The summed E-state index contributed by atoms with van der Waals surface area (Å²) in [5.74, 6) is 1.64. The van der Waals surface area contributed by atoms with Crippen molar-refractivity contribution in [2.24, 2.45) is 5.92 Å². The van der Waals surface area contributed by atoms with Gasteiger partial charge in [-0.3, -0.25) is 4.79 Å². The number of piperidine rings is 1. The first-order valence-electron chi connectivity index (χ1n) is 7.79. The highest BCUT2D eigenvalue weighted by molar-refractivity contribution is 9.10. The Morgan fingerprint density at radius 1 is 1.41 bits per heavy atom. The summed E-state index contributed by atoms with van der Waals surface area (Å²) in [5.41, 5.74) is 0. The van der Waals surface area contributed by atoms with Crippen molar-refractivity contribution >= 4 is 27.8 Å². The number of nitrogens with one attached hydrogen (secondary N) is 1. The van der Waals surface area contributed by atoms with Crippen molar-refractivity contribution in [1.29, 1.82) is 0 Å². The van der Waals surface area contributed by atoms with E-state index in [1.807, 2.05) is 0 Å². The van der Waals surface area contributed by atoms with Crippen LogP contribution >= 0.6 is 15.9 Å². The van der Waals surface area contributed by atoms with Gasteiger partial charge in [0.25, 0.3) is 0 Å². The van der Waals surface area contributed by atoms with Crippen LogP contribution in [0.4, 0.5) is 5.95 Å². The summed E-state index contributed by atoms with van der Waals surface area (Å²) < 4.78 is 5.97. The molecule has 1 aromatic heterocycles. The molecule has 120 valence electrons. The summed E-state index contributed by atoms with van der Waals surface area (Å²) in [6.07, 6.45) is 7.00. The predicted molar refractivity (Wildman–Crippen MR) is 87.0 cm³/mol. The molecule has 2 fully saturated rings. The Morgan fingerprint density at radius 3 is 2.91 bits per heavy atom. The highest BCUT2D eigenvalue weighted by Gasteiger charge is 2.29. The van der Waals surface area contributed by atoms with E-state index in [9.17, 15) is 4.79 Å². The van der Waals surface area contributed by atoms with Crippen LogP contribution in [-0.2, 0) is 4.79 Å². The number of methoxy groups -OCH3 is 1. The predicted octanol–water partition coefficient (Wildman–Crippen LogP) is 2.13. The minimum atomic E-state index is 0.181. The van der Waals surface area contributed by atoms with E-state index in [-0.39, 0.29) is 17.9 Å². The molecule has 1 atom stereocenters. The Balaban J connectivity index is 1.63. The van der Waals surface area contributed by atoms with Gasteiger partial charge >= 0.3 is 0 Å². The third-order valence-electron chi connectivity index (χ3n) is 4.42. The number of carbonyl (C=O) groups excluding carboxylic acids is 1. The Morgan fingerprint density at radius 2 is 2.23 bits per heavy atom. The number of amides is 1. The maximum atomic E-state index is 12.1. The lowest BCUT2D eigenvalue weighted by molar-refractivity contribution is -0.128. The molecule has 0 aromatic carbocycles. The Bertz CT molecular complexity index is 550. The van der Waals surface area contributed by atoms with Gasteiger partial charge in [-0.25, -0.2) is 4.98 Å². The second kappa shape index (κ2) is 6.81. The van der Waals surface area contributed by atoms with Crippen LogP contribution < -0.4 is 15.0 Å². The van der Waals surface area contributed by atoms with Crippen molar-refractivity contribution < 1.29 is 9.53 Å². The maximum Gasteiger partial charge on any atom is 0.232 e. The van der Waals surface area contributed by atoms with Crippen LogP contribution in [0.2, 0.25) is 0 Å². The minimum Gasteiger partial charge on any atom is -0.480 e. The molecule has 2 aliphatic rings. The van der Waals surface area contributed by atoms with Crippen LogP contribution in [0.1, 0.15) is 32.1 Å². The number of ether oxygens (including phenoxy) is 1. The van der Waals surface area contributed by atoms with Gasteiger partial charge in [0.2, 0.25) is 17.7 Å². The van der Waals surface area contributed by atoms with Gasteiger partial charge in [-0.05, 0) is 41.6 Å². The van der Waals surface area contributed by atoms with Crippen molar-refractivity contribution in [3.05, 3.63) is 10.7 Å². The van der Waals surface area contributed by atoms with E-state index in [1.165, 1.54) is 6.42 Å². The summed E-state index contributed by atoms with van der Waals surface area (Å²) >= 11 is 3.36. The van der Waals surface area contributed by atoms with E-state index in [0.717, 1.165) is 43.2 Å². The fourth-order valence-electron chi connectivity index (χ4n) is 2.90. The van der Waals surface area contributed by atoms with Gasteiger partial charge in [-0.15, -0.1) is 0 Å². The smallest absolute Gasteiger partial charge is 0.232 e. The van der Waals surface area contributed by atoms with E-state index >= 15 is 0 Å². The second-order valence-corrected chi connectivity index (χ2v) is 6.80. The SMILES string of the molecule is COc1nc(N2CCCC(NC(=O)C3CCC3)C2)ncc1Br. The standard InChI is InChI=1S/C15H21BrN4O2/c1-22-14-12(16)8-17-15(19-14)20-7-3-6-11(9-20)18-13(21)10-4-2-5-10/h8,10-11H,2-7,9H2,1H3,(H,18,21). The molecular formula is C15H21BrN4O2. The Hall–Kier alpha value is -1.37. The third kappa shape index (κ3) is 3.34. The van der Waals surface area contributed by atoms with Gasteiger partial charge in [-0.1, -0.05) is 6.42 Å². The maximum absolute atomic E-state index is 12.1. The monoisotopic (exact) mass is 368 g/mol. The molecule has 1 saturated carbocycles. The average molecular weight is 369 g/mol. The molecule has 0 bridgehead atoms. The van der Waals surface area contributed by atoms with Crippen molar-refractivity contribution in [3.8, 4) is 5.88 Å². The van der Waals surface area contributed by atoms with E-state index < -0.39 is 0 Å². The largest absolute Gasteiger partial charge is 0.480 e. The van der Waals surface area contributed by atoms with Gasteiger partial charge < -0.3 is 15.0 Å². The molecule has 6 nitrogen and oxygen atoms in total. The number of hydrogen-bond acceptors (Lipinski definition) is 5. The van der Waals surface area contributed by atoms with Crippen molar-refractivity contribution in [2.75, 3.05) is 25.1 Å². The molecule has 1 saturated heterocycles. The van der Waals surface area contributed by atoms with Crippen LogP contribution in [0, 0.1) is 5.92 Å². The molecule has 2 heterocycles. The normalized spacial score (nSPS) is 22.1. The lowest BCUT2D eigenvalue weighted by Gasteiger charge is -2.35. The van der Waals surface area contributed by atoms with Crippen LogP contribution in [-0.4, -0.2) is 42.1 Å². The fraction of sp³-hybridized carbons (Fsp3) is 0.667. The molecule has 22 heavy (non-hydrogen) atoms. The highest BCUT2D eigenvalue weighted by Crippen LogP contribution is 2.27. The van der Waals surface area contributed by atoms with Gasteiger partial charge in [-0.2, -0.15) is 4.98 Å². The molecular weight excluding hydrogens is 348 g/mol. The number of carbonyl (C=O) groups is 1. The fourth-order valence-corrected chi connectivity index (χ4v) is 3.26. The molecule has 1 unspecified atom stereocenters. The molecule has 7 heteroatoms. The van der Waals surface area contributed by atoms with E-state index in [4.69, 9.17) is 4.74 Å². The minimum absolute atomic E-state index is 0.181. The van der Waals surface area contributed by atoms with E-state index in [2.05, 4.69) is 36.1 Å². The first kappa shape index (κ1) is 15.5. The number of anilines is 1. The molecule has 1 aromatic rings. The summed E-state index contributed by atoms with van der Waals surface area (Å²) in [7, 11) is 1.59. The number of aromatic nitrogens is 2. The topological polar surface area (TPSA) is 67.3 Å². The second-order valence-electron chi connectivity index (χ2n) is 5.95. The highest BCUT2D eigenvalue weighted by atomic mass is 79.9. The molecule has 1 N–H and O–H groups in total. The van der Waals surface area contributed by atoms with Crippen LogP contribution in [0.3, 0.4) is 0 Å². The van der Waals surface area contributed by atoms with Gasteiger partial charge in [0, 0.05) is 25.0 Å². The first-order chi connectivity index (χ1) is 10.7. The van der Waals surface area contributed by atoms with Crippen LogP contribution in [0.15, 0.2) is 10.7 Å². The zero-order chi connectivity index (χ0) is 15.5. The molecule has 3 rings (SSSR count). The van der Waals surface area contributed by atoms with Crippen LogP contribution in [0.25, 0.3) is 0 Å². The average Bonchev–Trinajstić information content (AvgIpc) is 2.46. The van der Waals surface area contributed by atoms with Gasteiger partial charge in [0.15, 0.2) is 0 Å². The quantitative estimate of drug-likeness (QED) is 0.881. The number of rotatable bonds is 4.